The summed E-state index contributed by atoms with van der Waals surface area (Å²) in [6.45, 7) is 2.39. The molecule has 0 aliphatic carbocycles. The van der Waals surface area contributed by atoms with Crippen LogP contribution in [-0.4, -0.2) is 27.8 Å². The zero-order chi connectivity index (χ0) is 18.4. The number of pyridine rings is 2. The molecule has 0 saturated heterocycles. The van der Waals surface area contributed by atoms with Crippen molar-refractivity contribution >= 4 is 34.2 Å². The third-order valence-corrected chi connectivity index (χ3v) is 4.92. The second kappa shape index (κ2) is 6.14. The van der Waals surface area contributed by atoms with Gasteiger partial charge in [-0.15, -0.1) is 0 Å². The molecule has 0 unspecified atom stereocenters. The first kappa shape index (κ1) is 16.6. The molecule has 3 aromatic rings. The minimum atomic E-state index is -0.290. The van der Waals surface area contributed by atoms with Crippen LogP contribution in [0.3, 0.4) is 0 Å². The van der Waals surface area contributed by atoms with Crippen molar-refractivity contribution in [2.75, 3.05) is 12.4 Å². The van der Waals surface area contributed by atoms with Crippen LogP contribution >= 0.6 is 11.6 Å². The van der Waals surface area contributed by atoms with Crippen molar-refractivity contribution in [3.8, 4) is 0 Å². The molecule has 0 spiro atoms. The van der Waals surface area contributed by atoms with Crippen molar-refractivity contribution in [3.63, 3.8) is 0 Å². The fraction of sp³-hybridized carbons (Fsp3) is 0.211. The number of benzene rings is 1. The van der Waals surface area contributed by atoms with Gasteiger partial charge in [0.2, 0.25) is 0 Å². The number of aromatic nitrogens is 2. The van der Waals surface area contributed by atoms with Crippen LogP contribution in [-0.2, 0) is 6.54 Å². The molecule has 7 heteroatoms. The SMILES string of the molecule is C[C@H](Nc1nccc2c1CN(C)C2=O)c1cc2cc(Cl)ccc2[nH]c1=O. The summed E-state index contributed by atoms with van der Waals surface area (Å²) in [4.78, 5) is 33.5. The van der Waals surface area contributed by atoms with E-state index in [9.17, 15) is 9.59 Å². The topological polar surface area (TPSA) is 78.1 Å². The number of aromatic amines is 1. The van der Waals surface area contributed by atoms with E-state index >= 15 is 0 Å². The second-order valence-electron chi connectivity index (χ2n) is 6.50. The molecule has 132 valence electrons. The van der Waals surface area contributed by atoms with E-state index in [0.717, 1.165) is 16.5 Å². The number of nitrogens with one attached hydrogen (secondary N) is 2. The van der Waals surface area contributed by atoms with Gasteiger partial charge in [0.15, 0.2) is 0 Å². The lowest BCUT2D eigenvalue weighted by atomic mass is 10.1. The normalized spacial score (nSPS) is 14.6. The van der Waals surface area contributed by atoms with E-state index in [-0.39, 0.29) is 17.5 Å². The minimum Gasteiger partial charge on any atom is -0.363 e. The molecule has 0 bridgehead atoms. The predicted molar refractivity (Wildman–Crippen MR) is 102 cm³/mol. The third-order valence-electron chi connectivity index (χ3n) is 4.68. The van der Waals surface area contributed by atoms with Crippen molar-refractivity contribution < 1.29 is 4.79 Å². The van der Waals surface area contributed by atoms with Crippen LogP contribution in [0.15, 0.2) is 41.3 Å². The molecule has 26 heavy (non-hydrogen) atoms. The molecule has 0 fully saturated rings. The lowest BCUT2D eigenvalue weighted by Gasteiger charge is -2.17. The lowest BCUT2D eigenvalue weighted by Crippen LogP contribution is -2.20. The maximum atomic E-state index is 12.5. The standard InChI is InChI=1S/C19H17ClN4O2/c1-10(14-8-11-7-12(20)3-4-16(11)23-18(14)25)22-17-15-9-24(2)19(26)13(15)5-6-21-17/h3-8,10H,9H2,1-2H3,(H,21,22)(H,23,25)/t10-/m0/s1. The number of amides is 1. The van der Waals surface area contributed by atoms with E-state index < -0.39 is 0 Å². The number of fused-ring (bicyclic) bond motifs is 2. The summed E-state index contributed by atoms with van der Waals surface area (Å²) in [7, 11) is 1.76. The number of anilines is 1. The van der Waals surface area contributed by atoms with Crippen LogP contribution in [0, 0.1) is 0 Å². The largest absolute Gasteiger partial charge is 0.363 e. The van der Waals surface area contributed by atoms with Gasteiger partial charge in [-0.05, 0) is 37.3 Å². The average molecular weight is 369 g/mol. The molecule has 1 aliphatic heterocycles. The van der Waals surface area contributed by atoms with Crippen molar-refractivity contribution in [1.29, 1.82) is 0 Å². The highest BCUT2D eigenvalue weighted by Crippen LogP contribution is 2.29. The Morgan fingerprint density at radius 3 is 2.88 bits per heavy atom. The number of nitrogens with zero attached hydrogens (tertiary/aromatic N) is 2. The predicted octanol–water partition coefficient (Wildman–Crippen LogP) is 3.34. The van der Waals surface area contributed by atoms with Gasteiger partial charge in [-0.1, -0.05) is 11.6 Å². The van der Waals surface area contributed by atoms with Crippen LogP contribution < -0.4 is 10.9 Å². The third kappa shape index (κ3) is 2.72. The van der Waals surface area contributed by atoms with Gasteiger partial charge in [0.1, 0.15) is 5.82 Å². The van der Waals surface area contributed by atoms with Crippen LogP contribution in [0.5, 0.6) is 0 Å². The van der Waals surface area contributed by atoms with E-state index in [4.69, 9.17) is 11.6 Å². The summed E-state index contributed by atoms with van der Waals surface area (Å²) in [6.07, 6.45) is 1.61. The molecule has 1 amide bonds. The van der Waals surface area contributed by atoms with E-state index in [1.807, 2.05) is 19.1 Å². The number of carbonyl (C=O) groups excluding carboxylic acids is 1. The molecule has 0 saturated carbocycles. The Labute approximate surface area is 154 Å². The molecular formula is C19H17ClN4O2. The second-order valence-corrected chi connectivity index (χ2v) is 6.93. The zero-order valence-electron chi connectivity index (χ0n) is 14.3. The number of hydrogen-bond donors (Lipinski definition) is 2. The highest BCUT2D eigenvalue weighted by molar-refractivity contribution is 6.31. The van der Waals surface area contributed by atoms with Gasteiger partial charge in [0, 0.05) is 45.9 Å². The average Bonchev–Trinajstić information content (AvgIpc) is 2.90. The van der Waals surface area contributed by atoms with Crippen LogP contribution in [0.4, 0.5) is 5.82 Å². The maximum absolute atomic E-state index is 12.5. The Morgan fingerprint density at radius 2 is 2.08 bits per heavy atom. The Hall–Kier alpha value is -2.86. The van der Waals surface area contributed by atoms with Crippen LogP contribution in [0.25, 0.3) is 10.9 Å². The number of carbonyl (C=O) groups is 1. The molecule has 1 aromatic carbocycles. The van der Waals surface area contributed by atoms with Gasteiger partial charge >= 0.3 is 0 Å². The molecule has 1 atom stereocenters. The maximum Gasteiger partial charge on any atom is 0.254 e. The molecule has 1 aliphatic rings. The zero-order valence-corrected chi connectivity index (χ0v) is 15.1. The van der Waals surface area contributed by atoms with E-state index in [2.05, 4.69) is 15.3 Å². The first-order valence-corrected chi connectivity index (χ1v) is 8.64. The lowest BCUT2D eigenvalue weighted by molar-refractivity contribution is 0.0816. The summed E-state index contributed by atoms with van der Waals surface area (Å²) in [5, 5.41) is 4.75. The van der Waals surface area contributed by atoms with Crippen LogP contribution in [0.1, 0.15) is 34.5 Å². The van der Waals surface area contributed by atoms with Crippen molar-refractivity contribution in [1.82, 2.24) is 14.9 Å². The van der Waals surface area contributed by atoms with Gasteiger partial charge in [-0.3, -0.25) is 9.59 Å². The summed E-state index contributed by atoms with van der Waals surface area (Å²) < 4.78 is 0. The molecule has 2 N–H and O–H groups in total. The quantitative estimate of drug-likeness (QED) is 0.743. The molecule has 0 radical (unpaired) electrons. The van der Waals surface area contributed by atoms with Crippen molar-refractivity contribution in [2.24, 2.45) is 0 Å². The smallest absolute Gasteiger partial charge is 0.254 e. The van der Waals surface area contributed by atoms with Gasteiger partial charge in [-0.25, -0.2) is 4.98 Å². The number of H-pyrrole nitrogens is 1. The van der Waals surface area contributed by atoms with Crippen molar-refractivity contribution in [3.05, 3.63) is 68.6 Å². The van der Waals surface area contributed by atoms with E-state index in [1.165, 1.54) is 0 Å². The van der Waals surface area contributed by atoms with Gasteiger partial charge in [-0.2, -0.15) is 0 Å². The highest BCUT2D eigenvalue weighted by Gasteiger charge is 2.28. The molecule has 4 rings (SSSR count). The van der Waals surface area contributed by atoms with Crippen molar-refractivity contribution in [2.45, 2.75) is 19.5 Å². The fourth-order valence-electron chi connectivity index (χ4n) is 3.29. The Balaban J connectivity index is 1.71. The molecule has 2 aromatic heterocycles. The first-order valence-electron chi connectivity index (χ1n) is 8.26. The molecule has 6 nitrogen and oxygen atoms in total. The number of hydrogen-bond acceptors (Lipinski definition) is 4. The summed E-state index contributed by atoms with van der Waals surface area (Å²) >= 11 is 6.06. The molecule has 3 heterocycles. The highest BCUT2D eigenvalue weighted by atomic mass is 35.5. The Morgan fingerprint density at radius 1 is 1.27 bits per heavy atom. The minimum absolute atomic E-state index is 0.0173. The number of rotatable bonds is 3. The Kier molecular flexibility index (Phi) is 3.92. The Bertz CT molecular complexity index is 1090. The number of halogens is 1. The fourth-order valence-corrected chi connectivity index (χ4v) is 3.47. The summed E-state index contributed by atoms with van der Waals surface area (Å²) in [6, 6.07) is 8.61. The van der Waals surface area contributed by atoms with Crippen LogP contribution in [0.2, 0.25) is 5.02 Å². The van der Waals surface area contributed by atoms with Gasteiger partial charge in [0.25, 0.3) is 11.5 Å². The van der Waals surface area contributed by atoms with Gasteiger partial charge in [0.05, 0.1) is 12.6 Å². The first-order chi connectivity index (χ1) is 12.4. The monoisotopic (exact) mass is 368 g/mol. The molecular weight excluding hydrogens is 352 g/mol. The summed E-state index contributed by atoms with van der Waals surface area (Å²) in [5.41, 5.74) is 2.65. The summed E-state index contributed by atoms with van der Waals surface area (Å²) in [5.74, 6) is 0.606. The van der Waals surface area contributed by atoms with E-state index in [0.29, 0.717) is 28.5 Å². The van der Waals surface area contributed by atoms with Gasteiger partial charge < -0.3 is 15.2 Å². The van der Waals surface area contributed by atoms with E-state index in [1.54, 1.807) is 36.3 Å².